The Labute approximate surface area is 236 Å². The Morgan fingerprint density at radius 3 is 2.15 bits per heavy atom. The van der Waals surface area contributed by atoms with Crippen LogP contribution in [0.25, 0.3) is 22.0 Å². The van der Waals surface area contributed by atoms with E-state index in [-0.39, 0.29) is 5.56 Å². The van der Waals surface area contributed by atoms with Crippen molar-refractivity contribution in [3.05, 3.63) is 70.1 Å². The minimum Gasteiger partial charge on any atom is -0.496 e. The lowest BCUT2D eigenvalue weighted by Crippen LogP contribution is -2.27. The third-order valence-electron chi connectivity index (χ3n) is 7.45. The molecule has 1 N–H and O–H groups in total. The third kappa shape index (κ3) is 5.92. The molecule has 4 rings (SSSR count). The summed E-state index contributed by atoms with van der Waals surface area (Å²) in [4.78, 5) is 20.8. The Bertz CT molecular complexity index is 1500. The quantitative estimate of drug-likeness (QED) is 0.228. The van der Waals surface area contributed by atoms with Crippen LogP contribution in [0, 0.1) is 13.8 Å². The van der Waals surface area contributed by atoms with E-state index in [2.05, 4.69) is 29.0 Å². The number of likely N-dealkylation sites (N-methyl/N-ethyl adjacent to an activating group) is 1. The number of hydrogen-bond acceptors (Lipinski definition) is 7. The average Bonchev–Trinajstić information content (AvgIpc) is 2.97. The highest BCUT2D eigenvalue weighted by molar-refractivity contribution is 5.88. The highest BCUT2D eigenvalue weighted by Gasteiger charge is 2.20. The molecule has 0 fully saturated rings. The normalized spacial score (nSPS) is 11.2. The third-order valence-corrected chi connectivity index (χ3v) is 7.45. The summed E-state index contributed by atoms with van der Waals surface area (Å²) in [5.74, 6) is 2.85. The number of nitrogens with zero attached hydrogens (tertiary/aromatic N) is 3. The number of aromatic nitrogens is 2. The molecule has 8 nitrogen and oxygen atoms in total. The summed E-state index contributed by atoms with van der Waals surface area (Å²) in [6.45, 7) is 14.3. The molecule has 0 radical (unpaired) electrons. The molecule has 8 heteroatoms. The van der Waals surface area contributed by atoms with Crippen molar-refractivity contribution in [3.63, 3.8) is 0 Å². The van der Waals surface area contributed by atoms with Gasteiger partial charge in [0.2, 0.25) is 0 Å². The summed E-state index contributed by atoms with van der Waals surface area (Å²) in [5, 5.41) is 4.23. The molecule has 4 aromatic rings. The predicted octanol–water partition coefficient (Wildman–Crippen LogP) is 6.18. The number of pyridine rings is 2. The van der Waals surface area contributed by atoms with Gasteiger partial charge in [-0.15, -0.1) is 0 Å². The van der Waals surface area contributed by atoms with Gasteiger partial charge in [-0.1, -0.05) is 13.8 Å². The molecule has 2 aromatic carbocycles. The lowest BCUT2D eigenvalue weighted by molar-refractivity contribution is 0.223. The van der Waals surface area contributed by atoms with Gasteiger partial charge < -0.3 is 29.0 Å². The minimum atomic E-state index is -0.0696. The van der Waals surface area contributed by atoms with E-state index in [9.17, 15) is 4.79 Å². The summed E-state index contributed by atoms with van der Waals surface area (Å²) in [6.07, 6.45) is 1.81. The first-order valence-corrected chi connectivity index (χ1v) is 13.8. The minimum absolute atomic E-state index is 0.0696. The fourth-order valence-electron chi connectivity index (χ4n) is 5.14. The molecule has 2 heterocycles. The first-order valence-electron chi connectivity index (χ1n) is 13.8. The largest absolute Gasteiger partial charge is 0.496 e. The van der Waals surface area contributed by atoms with E-state index in [1.807, 2.05) is 63.2 Å². The Morgan fingerprint density at radius 1 is 0.925 bits per heavy atom. The van der Waals surface area contributed by atoms with Gasteiger partial charge in [-0.05, 0) is 75.3 Å². The zero-order valence-corrected chi connectivity index (χ0v) is 24.6. The van der Waals surface area contributed by atoms with E-state index >= 15 is 0 Å². The van der Waals surface area contributed by atoms with Gasteiger partial charge in [-0.25, -0.2) is 4.98 Å². The van der Waals surface area contributed by atoms with E-state index in [4.69, 9.17) is 14.2 Å². The van der Waals surface area contributed by atoms with Crippen molar-refractivity contribution in [3.8, 4) is 28.4 Å². The maximum absolute atomic E-state index is 13.8. The van der Waals surface area contributed by atoms with Crippen molar-refractivity contribution in [2.45, 2.75) is 41.2 Å². The number of fused-ring (bicyclic) bond motifs is 1. The van der Waals surface area contributed by atoms with Crippen LogP contribution in [0.15, 0.2) is 53.5 Å². The monoisotopic (exact) mass is 544 g/mol. The number of nitrogens with one attached hydrogen (secondary N) is 1. The van der Waals surface area contributed by atoms with Gasteiger partial charge in [0, 0.05) is 53.6 Å². The van der Waals surface area contributed by atoms with Gasteiger partial charge in [-0.2, -0.15) is 0 Å². The first-order chi connectivity index (χ1) is 19.3. The van der Waals surface area contributed by atoms with E-state index in [1.165, 1.54) is 0 Å². The van der Waals surface area contributed by atoms with Crippen molar-refractivity contribution in [1.29, 1.82) is 0 Å². The summed E-state index contributed by atoms with van der Waals surface area (Å²) in [7, 11) is 3.25. The number of anilines is 2. The van der Waals surface area contributed by atoms with Crippen LogP contribution in [0.4, 0.5) is 11.5 Å². The molecule has 0 aliphatic heterocycles. The van der Waals surface area contributed by atoms with E-state index < -0.39 is 0 Å². The van der Waals surface area contributed by atoms with Crippen molar-refractivity contribution < 1.29 is 14.2 Å². The lowest BCUT2D eigenvalue weighted by atomic mass is 9.94. The van der Waals surface area contributed by atoms with Gasteiger partial charge >= 0.3 is 0 Å². The van der Waals surface area contributed by atoms with Crippen LogP contribution in [0.1, 0.15) is 31.9 Å². The predicted molar refractivity (Wildman–Crippen MR) is 163 cm³/mol. The number of benzene rings is 2. The van der Waals surface area contributed by atoms with Crippen LogP contribution in [-0.4, -0.2) is 54.9 Å². The van der Waals surface area contributed by atoms with E-state index in [0.29, 0.717) is 36.0 Å². The van der Waals surface area contributed by atoms with Gasteiger partial charge in [-0.3, -0.25) is 4.79 Å². The highest BCUT2D eigenvalue weighted by atomic mass is 16.5. The second-order valence-corrected chi connectivity index (χ2v) is 9.67. The van der Waals surface area contributed by atoms with E-state index in [0.717, 1.165) is 58.7 Å². The molecule has 0 saturated heterocycles. The molecule has 0 amide bonds. The number of aryl methyl sites for hydroxylation is 1. The van der Waals surface area contributed by atoms with Crippen molar-refractivity contribution in [1.82, 2.24) is 14.5 Å². The Kier molecular flexibility index (Phi) is 9.32. The molecule has 0 aliphatic rings. The first kappa shape index (κ1) is 29.0. The topological polar surface area (TPSA) is 77.9 Å². The smallest absolute Gasteiger partial charge is 0.258 e. The maximum Gasteiger partial charge on any atom is 0.258 e. The van der Waals surface area contributed by atoms with Gasteiger partial charge in [0.1, 0.15) is 29.7 Å². The summed E-state index contributed by atoms with van der Waals surface area (Å²) < 4.78 is 18.9. The van der Waals surface area contributed by atoms with Crippen LogP contribution < -0.4 is 25.1 Å². The van der Waals surface area contributed by atoms with Crippen LogP contribution in [-0.2, 0) is 6.54 Å². The van der Waals surface area contributed by atoms with Gasteiger partial charge in [0.05, 0.1) is 19.7 Å². The maximum atomic E-state index is 13.8. The molecule has 212 valence electrons. The molecule has 2 aromatic heterocycles. The van der Waals surface area contributed by atoms with Crippen LogP contribution in [0.3, 0.4) is 0 Å². The van der Waals surface area contributed by atoms with Crippen molar-refractivity contribution >= 4 is 22.4 Å². The van der Waals surface area contributed by atoms with Crippen LogP contribution in [0.5, 0.6) is 17.2 Å². The fourth-order valence-corrected chi connectivity index (χ4v) is 5.14. The SMILES string of the molecule is CCN(CC)CCOc1ccc(Nc2cc3c(cn2)cc(-c2c(C)c(OC)cc(OC)c2C)c(=O)n3CC)cc1. The summed E-state index contributed by atoms with van der Waals surface area (Å²) in [6, 6.07) is 13.5. The zero-order chi connectivity index (χ0) is 28.8. The number of hydrogen-bond donors (Lipinski definition) is 1. The van der Waals surface area contributed by atoms with Crippen molar-refractivity contribution in [2.75, 3.05) is 45.8 Å². The number of ether oxygens (including phenoxy) is 3. The second kappa shape index (κ2) is 12.9. The molecule has 0 saturated carbocycles. The fraction of sp³-hybridized carbons (Fsp3) is 0.375. The Balaban J connectivity index is 1.64. The standard InChI is InChI=1S/C32H40N4O4/c1-8-35(9-2)15-16-40-25-13-11-24(12-14-25)34-30-18-27-23(20-33-30)17-26(32(37)36(27)10-3)31-21(4)28(38-6)19-29(39-7)22(31)5/h11-14,17-20H,8-10,15-16H2,1-7H3,(H,33,34). The Morgan fingerprint density at radius 2 is 1.57 bits per heavy atom. The molecular formula is C32H40N4O4. The average molecular weight is 545 g/mol. The van der Waals surface area contributed by atoms with Crippen LogP contribution >= 0.6 is 0 Å². The zero-order valence-electron chi connectivity index (χ0n) is 24.6. The number of rotatable bonds is 12. The molecule has 0 atom stereocenters. The Hall–Kier alpha value is -4.04. The molecule has 0 spiro atoms. The number of methoxy groups -OCH3 is 2. The molecule has 0 aliphatic carbocycles. The van der Waals surface area contributed by atoms with Crippen LogP contribution in [0.2, 0.25) is 0 Å². The van der Waals surface area contributed by atoms with Crippen molar-refractivity contribution in [2.24, 2.45) is 0 Å². The molecular weight excluding hydrogens is 504 g/mol. The summed E-state index contributed by atoms with van der Waals surface area (Å²) in [5.41, 5.74) is 4.85. The second-order valence-electron chi connectivity index (χ2n) is 9.67. The molecule has 40 heavy (non-hydrogen) atoms. The van der Waals surface area contributed by atoms with Gasteiger partial charge in [0.25, 0.3) is 5.56 Å². The lowest BCUT2D eigenvalue weighted by Gasteiger charge is -2.19. The van der Waals surface area contributed by atoms with Gasteiger partial charge in [0.15, 0.2) is 0 Å². The highest BCUT2D eigenvalue weighted by Crippen LogP contribution is 2.38. The molecule has 0 unspecified atom stereocenters. The summed E-state index contributed by atoms with van der Waals surface area (Å²) >= 11 is 0. The van der Waals surface area contributed by atoms with E-state index in [1.54, 1.807) is 25.0 Å². The molecule has 0 bridgehead atoms.